The molecule has 0 radical (unpaired) electrons. The van der Waals surface area contributed by atoms with E-state index in [9.17, 15) is 67.7 Å². The van der Waals surface area contributed by atoms with E-state index in [2.05, 4.69) is 58.5 Å². The van der Waals surface area contributed by atoms with Gasteiger partial charge < -0.3 is 102 Å². The molecular weight excluding hydrogens is 1180 g/mol. The topological polar surface area (TPSA) is 517 Å². The fourth-order valence-corrected chi connectivity index (χ4v) is 9.59. The number of aliphatic hydroxyl groups excluding tert-OH is 2. The second-order valence-corrected chi connectivity index (χ2v) is 22.8. The van der Waals surface area contributed by atoms with Crippen LogP contribution in [0.2, 0.25) is 0 Å². The third kappa shape index (κ3) is 25.9. The number of nitrogens with two attached hydrogens (primary N) is 5. The van der Waals surface area contributed by atoms with Gasteiger partial charge in [0.1, 0.15) is 60.4 Å². The van der Waals surface area contributed by atoms with Crippen molar-refractivity contribution in [3.05, 3.63) is 71.3 Å². The number of carbonyl (C=O) groups excluding carboxylic acids is 12. The first kappa shape index (κ1) is 77.0. The highest BCUT2D eigenvalue weighted by molar-refractivity contribution is 6.01. The molecule has 23 N–H and O–H groups in total. The number of rotatable bonds is 28. The highest BCUT2D eigenvalue weighted by atomic mass is 16.5. The molecule has 0 spiro atoms. The fraction of sp³-hybridized carbons (Fsp3) is 0.600. The van der Waals surface area contributed by atoms with Crippen LogP contribution in [0, 0.1) is 5.92 Å². The molecule has 0 bridgehead atoms. The standard InChI is InChI=1S/C60H96N16O15/c1-7-11-33(4)91-60(90)38-16-14-37(15-17-38)49(79)67-42(21-27-64)54(84)76-48(35(6)78)59(89)72-41(20-26-63)51(81)71-44-23-29-66-58(88)47(34(5)77)75-55(85)43(22-28-65)69-50(80)39(18-24-61)70-56(86)45(30-32(2)3)73-57(87)46(31-36-12-9-8-10-13-36)74-52(82)40(19-25-62)68-53(44)83/h8-10,12-17,32-35,39-48,77-78H,7,11,18-31,61-65H2,1-6H3,(H,66,88)(H,67,79)(H,68,83)(H,69,80)(H,70,86)(H,71,81)(H,72,89)(H,73,87)(H,74,82)(H,75,85)(H,76,84)/t33?,34?,35?,39-,40-,41-,42-,43-,44-,45-,46+,47-,48-/m0/s1. The van der Waals surface area contributed by atoms with Gasteiger partial charge in [0.25, 0.3) is 5.91 Å². The molecule has 1 heterocycles. The SMILES string of the molecule is CCCC(C)OC(=O)c1ccc(C(=O)N[C@@H](CCN)C(=O)N[C@H](C(=O)N[C@@H](CCN)C(=O)N[C@H]2CCNC(=O)[C@H](C(C)O)NC(=O)[C@H](CCN)NC(=O)[C@H](CCN)NC(=O)[C@H](CC(C)C)NC(=O)[C@@H](Cc3ccccc3)NC(=O)[C@H](CCN)NC2=O)C(C)O)cc1. The lowest BCUT2D eigenvalue weighted by Gasteiger charge is -2.29. The largest absolute Gasteiger partial charge is 0.459 e. The molecule has 13 atom stereocenters. The maximum atomic E-state index is 14.6. The van der Waals surface area contributed by atoms with Crippen LogP contribution >= 0.6 is 0 Å². The van der Waals surface area contributed by atoms with E-state index in [1.54, 1.807) is 51.1 Å². The van der Waals surface area contributed by atoms with Gasteiger partial charge in [-0.2, -0.15) is 0 Å². The average Bonchev–Trinajstić information content (AvgIpc) is 1.44. The van der Waals surface area contributed by atoms with E-state index < -0.39 is 157 Å². The smallest absolute Gasteiger partial charge is 0.338 e. The summed E-state index contributed by atoms with van der Waals surface area (Å²) >= 11 is 0. The predicted octanol–water partition coefficient (Wildman–Crippen LogP) is -5.19. The lowest BCUT2D eigenvalue weighted by atomic mass is 10.00. The molecule has 506 valence electrons. The monoisotopic (exact) mass is 1280 g/mol. The highest BCUT2D eigenvalue weighted by Gasteiger charge is 2.38. The van der Waals surface area contributed by atoms with E-state index >= 15 is 0 Å². The van der Waals surface area contributed by atoms with Gasteiger partial charge in [0.2, 0.25) is 59.1 Å². The Hall–Kier alpha value is -8.20. The van der Waals surface area contributed by atoms with Crippen molar-refractivity contribution in [1.29, 1.82) is 0 Å². The molecule has 31 nitrogen and oxygen atoms in total. The van der Waals surface area contributed by atoms with Crippen LogP contribution in [0.1, 0.15) is 126 Å². The third-order valence-electron chi connectivity index (χ3n) is 14.6. The van der Waals surface area contributed by atoms with Gasteiger partial charge >= 0.3 is 5.97 Å². The van der Waals surface area contributed by atoms with E-state index in [1.165, 1.54) is 31.2 Å². The molecule has 31 heteroatoms. The lowest BCUT2D eigenvalue weighted by Crippen LogP contribution is -2.62. The minimum atomic E-state index is -1.79. The number of amides is 11. The van der Waals surface area contributed by atoms with Gasteiger partial charge in [-0.15, -0.1) is 0 Å². The van der Waals surface area contributed by atoms with Crippen LogP contribution in [0.15, 0.2) is 54.6 Å². The van der Waals surface area contributed by atoms with E-state index in [4.69, 9.17) is 33.4 Å². The van der Waals surface area contributed by atoms with Crippen molar-refractivity contribution in [2.75, 3.05) is 39.3 Å². The number of aliphatic hydroxyl groups is 2. The first-order valence-electron chi connectivity index (χ1n) is 30.8. The molecular formula is C60H96N16O15. The van der Waals surface area contributed by atoms with Gasteiger partial charge in [0.05, 0.1) is 23.9 Å². The minimum Gasteiger partial charge on any atom is -0.459 e. The van der Waals surface area contributed by atoms with Crippen molar-refractivity contribution in [3.8, 4) is 0 Å². The van der Waals surface area contributed by atoms with Gasteiger partial charge in [-0.1, -0.05) is 57.5 Å². The number of nitrogens with one attached hydrogen (secondary N) is 11. The van der Waals surface area contributed by atoms with Crippen molar-refractivity contribution in [3.63, 3.8) is 0 Å². The number of ether oxygens (including phenoxy) is 1. The van der Waals surface area contributed by atoms with E-state index in [0.29, 0.717) is 12.0 Å². The lowest BCUT2D eigenvalue weighted by molar-refractivity contribution is -0.136. The molecule has 1 aliphatic heterocycles. The van der Waals surface area contributed by atoms with Crippen LogP contribution in [-0.2, 0) is 59.1 Å². The van der Waals surface area contributed by atoms with Gasteiger partial charge in [0.15, 0.2) is 0 Å². The van der Waals surface area contributed by atoms with Gasteiger partial charge in [0, 0.05) is 18.5 Å². The Morgan fingerprint density at radius 1 is 0.549 bits per heavy atom. The van der Waals surface area contributed by atoms with E-state index in [1.807, 2.05) is 6.92 Å². The Morgan fingerprint density at radius 2 is 1.03 bits per heavy atom. The summed E-state index contributed by atoms with van der Waals surface area (Å²) < 4.78 is 5.42. The summed E-state index contributed by atoms with van der Waals surface area (Å²) in [5, 5.41) is 49.5. The summed E-state index contributed by atoms with van der Waals surface area (Å²) in [7, 11) is 0. The Morgan fingerprint density at radius 3 is 1.54 bits per heavy atom. The maximum Gasteiger partial charge on any atom is 0.338 e. The normalized spacial score (nSPS) is 22.0. The zero-order valence-electron chi connectivity index (χ0n) is 52.7. The van der Waals surface area contributed by atoms with Crippen LogP contribution in [0.3, 0.4) is 0 Å². The molecule has 11 amide bonds. The molecule has 0 aliphatic carbocycles. The minimum absolute atomic E-state index is 0.0317. The molecule has 2 aromatic rings. The quantitative estimate of drug-likeness (QED) is 0.0354. The molecule has 1 saturated heterocycles. The van der Waals surface area contributed by atoms with Gasteiger partial charge in [-0.25, -0.2) is 4.79 Å². The van der Waals surface area contributed by atoms with Crippen molar-refractivity contribution in [2.45, 2.75) is 184 Å². The second kappa shape index (κ2) is 39.8. The summed E-state index contributed by atoms with van der Waals surface area (Å²) in [5.41, 5.74) is 30.2. The molecule has 1 aliphatic rings. The van der Waals surface area contributed by atoms with Crippen molar-refractivity contribution >= 4 is 70.9 Å². The Balaban J connectivity index is 2.05. The van der Waals surface area contributed by atoms with Crippen LogP contribution in [0.4, 0.5) is 0 Å². The van der Waals surface area contributed by atoms with Crippen molar-refractivity contribution in [1.82, 2.24) is 58.5 Å². The summed E-state index contributed by atoms with van der Waals surface area (Å²) in [6.07, 6.45) is -3.77. The molecule has 2 aromatic carbocycles. The first-order chi connectivity index (χ1) is 43.2. The summed E-state index contributed by atoms with van der Waals surface area (Å²) in [6.45, 7) is 8.22. The predicted molar refractivity (Wildman–Crippen MR) is 334 cm³/mol. The first-order valence-corrected chi connectivity index (χ1v) is 30.8. The summed E-state index contributed by atoms with van der Waals surface area (Å²) in [6, 6.07) is -1.32. The van der Waals surface area contributed by atoms with Crippen molar-refractivity contribution in [2.24, 2.45) is 34.6 Å². The van der Waals surface area contributed by atoms with Crippen LogP contribution in [0.25, 0.3) is 0 Å². The van der Waals surface area contributed by atoms with Crippen LogP contribution in [0.5, 0.6) is 0 Å². The number of benzene rings is 2. The number of hydrogen-bond acceptors (Lipinski definition) is 20. The molecule has 1 fully saturated rings. The average molecular weight is 1280 g/mol. The fourth-order valence-electron chi connectivity index (χ4n) is 9.59. The maximum absolute atomic E-state index is 14.6. The molecule has 3 unspecified atom stereocenters. The Bertz CT molecular complexity index is 2740. The van der Waals surface area contributed by atoms with Crippen molar-refractivity contribution < 1.29 is 72.5 Å². The molecule has 0 saturated carbocycles. The third-order valence-corrected chi connectivity index (χ3v) is 14.6. The number of carbonyl (C=O) groups is 12. The zero-order valence-corrected chi connectivity index (χ0v) is 52.7. The van der Waals surface area contributed by atoms with Gasteiger partial charge in [-0.3, -0.25) is 52.7 Å². The Labute approximate surface area is 529 Å². The zero-order chi connectivity index (χ0) is 67.9. The summed E-state index contributed by atoms with van der Waals surface area (Å²) in [5.74, 6) is -11.2. The van der Waals surface area contributed by atoms with Crippen LogP contribution < -0.4 is 87.2 Å². The molecule has 3 rings (SSSR count). The van der Waals surface area contributed by atoms with E-state index in [-0.39, 0.29) is 101 Å². The van der Waals surface area contributed by atoms with Crippen LogP contribution in [-0.4, -0.2) is 199 Å². The second-order valence-electron chi connectivity index (χ2n) is 22.8. The van der Waals surface area contributed by atoms with Gasteiger partial charge in [-0.05, 0) is 141 Å². The number of hydrogen-bond donors (Lipinski definition) is 18. The molecule has 0 aromatic heterocycles. The number of esters is 1. The van der Waals surface area contributed by atoms with E-state index in [0.717, 1.165) is 13.3 Å². The molecule has 91 heavy (non-hydrogen) atoms. The summed E-state index contributed by atoms with van der Waals surface area (Å²) in [4.78, 5) is 168. The Kier molecular flexibility index (Phi) is 33.7. The highest BCUT2D eigenvalue weighted by Crippen LogP contribution is 2.14.